The molecule has 0 saturated heterocycles. The molecular formula is C34H38Cl2N4O4. The molecule has 3 amide bonds. The van der Waals surface area contributed by atoms with Gasteiger partial charge in [-0.15, -0.1) is 0 Å². The van der Waals surface area contributed by atoms with Gasteiger partial charge in [-0.3, -0.25) is 19.6 Å². The van der Waals surface area contributed by atoms with Crippen LogP contribution in [0.3, 0.4) is 0 Å². The average molecular weight is 638 g/mol. The first-order chi connectivity index (χ1) is 20.8. The molecule has 0 radical (unpaired) electrons. The van der Waals surface area contributed by atoms with Crippen LogP contribution in [0.1, 0.15) is 70.7 Å². The van der Waals surface area contributed by atoms with Crippen LogP contribution in [0.15, 0.2) is 89.1 Å². The van der Waals surface area contributed by atoms with E-state index in [9.17, 15) is 9.59 Å². The third-order valence-corrected chi connectivity index (χ3v) is 7.90. The summed E-state index contributed by atoms with van der Waals surface area (Å²) in [6, 6.07) is 13.6. The topological polar surface area (TPSA) is 74.7 Å². The molecule has 0 spiro atoms. The number of urea groups is 1. The van der Waals surface area contributed by atoms with Gasteiger partial charge in [0.25, 0.3) is 0 Å². The van der Waals surface area contributed by atoms with Crippen molar-refractivity contribution < 1.29 is 19.1 Å². The molecule has 2 heterocycles. The number of amidine groups is 1. The lowest BCUT2D eigenvalue weighted by atomic mass is 9.93. The number of amides is 3. The summed E-state index contributed by atoms with van der Waals surface area (Å²) in [4.78, 5) is 37.1. The molecule has 0 bridgehead atoms. The minimum atomic E-state index is -0.539. The van der Waals surface area contributed by atoms with E-state index in [4.69, 9.17) is 37.7 Å². The van der Waals surface area contributed by atoms with Crippen LogP contribution in [0.25, 0.3) is 0 Å². The van der Waals surface area contributed by atoms with Gasteiger partial charge in [-0.1, -0.05) is 47.5 Å². The highest BCUT2D eigenvalue weighted by molar-refractivity contribution is 6.30. The third kappa shape index (κ3) is 6.97. The number of hydrogen-bond acceptors (Lipinski definition) is 5. The van der Waals surface area contributed by atoms with Crippen molar-refractivity contribution in [3.63, 3.8) is 0 Å². The second kappa shape index (κ2) is 12.7. The molecule has 10 heteroatoms. The van der Waals surface area contributed by atoms with Crippen LogP contribution >= 0.6 is 23.2 Å². The maximum Gasteiger partial charge on any atom is 0.330 e. The number of ether oxygens (including phenoxy) is 2. The van der Waals surface area contributed by atoms with Gasteiger partial charge in [-0.2, -0.15) is 0 Å². The van der Waals surface area contributed by atoms with Gasteiger partial charge in [0.15, 0.2) is 0 Å². The van der Waals surface area contributed by atoms with Gasteiger partial charge in [-0.05, 0) is 76.4 Å². The van der Waals surface area contributed by atoms with E-state index in [1.54, 1.807) is 24.3 Å². The first-order valence-corrected chi connectivity index (χ1v) is 15.5. The van der Waals surface area contributed by atoms with E-state index in [0.29, 0.717) is 34.5 Å². The molecule has 2 atom stereocenters. The van der Waals surface area contributed by atoms with Crippen molar-refractivity contribution in [2.24, 2.45) is 4.99 Å². The minimum Gasteiger partial charge on any atom is -0.492 e. The normalized spacial score (nSPS) is 20.8. The van der Waals surface area contributed by atoms with Crippen molar-refractivity contribution in [1.29, 1.82) is 0 Å². The van der Waals surface area contributed by atoms with Gasteiger partial charge >= 0.3 is 6.03 Å². The molecule has 5 rings (SSSR count). The SMILES string of the molecule is CC(C)OC1=C(C2=N[C@@H](c3ccc(Cl)cc3)[C@@H](c3ccc(Cl)cc3)N2C(=O)N2C=CN(C)C(=O)C2)CCC(OC(C)(C)C)=C1. The second-order valence-corrected chi connectivity index (χ2v) is 13.2. The van der Waals surface area contributed by atoms with Gasteiger partial charge < -0.3 is 14.4 Å². The lowest BCUT2D eigenvalue weighted by Gasteiger charge is -2.36. The number of carbonyl (C=O) groups excluding carboxylic acids is 2. The predicted molar refractivity (Wildman–Crippen MR) is 173 cm³/mol. The van der Waals surface area contributed by atoms with Crippen LogP contribution in [0, 0.1) is 0 Å². The lowest BCUT2D eigenvalue weighted by Crippen LogP contribution is -2.49. The Morgan fingerprint density at radius 3 is 2.14 bits per heavy atom. The number of rotatable bonds is 6. The largest absolute Gasteiger partial charge is 0.492 e. The quantitative estimate of drug-likeness (QED) is 0.322. The Balaban J connectivity index is 1.70. The van der Waals surface area contributed by atoms with Crippen molar-refractivity contribution in [1.82, 2.24) is 14.7 Å². The smallest absolute Gasteiger partial charge is 0.330 e. The zero-order chi connectivity index (χ0) is 31.8. The second-order valence-electron chi connectivity index (χ2n) is 12.4. The summed E-state index contributed by atoms with van der Waals surface area (Å²) in [5.74, 6) is 1.72. The number of nitrogens with zero attached hydrogens (tertiary/aromatic N) is 4. The maximum absolute atomic E-state index is 14.6. The Labute approximate surface area is 269 Å². The van der Waals surface area contributed by atoms with Crippen LogP contribution in [0.5, 0.6) is 0 Å². The highest BCUT2D eigenvalue weighted by Crippen LogP contribution is 2.46. The molecule has 0 N–H and O–H groups in total. The number of halogens is 2. The predicted octanol–water partition coefficient (Wildman–Crippen LogP) is 8.03. The lowest BCUT2D eigenvalue weighted by molar-refractivity contribution is -0.128. The zero-order valence-corrected chi connectivity index (χ0v) is 27.4. The molecule has 3 aliphatic rings. The fraction of sp³-hybridized carbons (Fsp3) is 0.382. The van der Waals surface area contributed by atoms with Crippen molar-refractivity contribution in [3.8, 4) is 0 Å². The molecule has 1 aliphatic carbocycles. The van der Waals surface area contributed by atoms with Crippen molar-refractivity contribution >= 4 is 41.0 Å². The summed E-state index contributed by atoms with van der Waals surface area (Å²) in [6.45, 7) is 9.86. The van der Waals surface area contributed by atoms with Crippen LogP contribution in [0.2, 0.25) is 10.0 Å². The summed E-state index contributed by atoms with van der Waals surface area (Å²) in [5, 5.41) is 1.19. The van der Waals surface area contributed by atoms with E-state index in [-0.39, 0.29) is 30.2 Å². The fourth-order valence-corrected chi connectivity index (χ4v) is 5.71. The van der Waals surface area contributed by atoms with Gasteiger partial charge in [0.05, 0.1) is 12.1 Å². The molecule has 0 aromatic heterocycles. The van der Waals surface area contributed by atoms with E-state index in [0.717, 1.165) is 22.5 Å². The number of benzene rings is 2. The van der Waals surface area contributed by atoms with E-state index < -0.39 is 12.1 Å². The summed E-state index contributed by atoms with van der Waals surface area (Å²) < 4.78 is 12.6. The first-order valence-electron chi connectivity index (χ1n) is 14.7. The van der Waals surface area contributed by atoms with Gasteiger partial charge in [-0.25, -0.2) is 4.79 Å². The Morgan fingerprint density at radius 1 is 0.955 bits per heavy atom. The summed E-state index contributed by atoms with van der Waals surface area (Å²) in [7, 11) is 1.67. The standard InChI is InChI=1S/C34H38Cl2N4O4/c1-21(2)43-28-19-26(44-34(3,4)5)15-16-27(28)32-37-30(22-7-11-24(35)12-8-22)31(23-9-13-25(36)14-10-23)40(32)33(42)39-18-17-38(6)29(41)20-39/h7-14,17-19,21,30-31H,15-16,20H2,1-6H3/t30-,31+/m0/s1. The Morgan fingerprint density at radius 2 is 1.57 bits per heavy atom. The number of hydrogen-bond donors (Lipinski definition) is 0. The van der Waals surface area contributed by atoms with Crippen molar-refractivity contribution in [3.05, 3.63) is 105 Å². The van der Waals surface area contributed by atoms with Crippen molar-refractivity contribution in [2.75, 3.05) is 13.6 Å². The van der Waals surface area contributed by atoms with Crippen LogP contribution in [-0.4, -0.2) is 57.8 Å². The maximum atomic E-state index is 14.6. The zero-order valence-electron chi connectivity index (χ0n) is 25.9. The average Bonchev–Trinajstić information content (AvgIpc) is 3.34. The minimum absolute atomic E-state index is 0.0908. The molecule has 44 heavy (non-hydrogen) atoms. The Kier molecular flexibility index (Phi) is 9.14. The Bertz CT molecular complexity index is 1540. The highest BCUT2D eigenvalue weighted by Gasteiger charge is 2.46. The van der Waals surface area contributed by atoms with Crippen LogP contribution < -0.4 is 0 Å². The van der Waals surface area contributed by atoms with E-state index in [1.165, 1.54) is 9.80 Å². The van der Waals surface area contributed by atoms with Crippen LogP contribution in [0.4, 0.5) is 4.79 Å². The number of aliphatic imine (C=N–C) groups is 1. The molecule has 8 nitrogen and oxygen atoms in total. The monoisotopic (exact) mass is 636 g/mol. The van der Waals surface area contributed by atoms with Gasteiger partial charge in [0.1, 0.15) is 35.5 Å². The van der Waals surface area contributed by atoms with E-state index in [1.807, 2.05) is 89.2 Å². The number of carbonyl (C=O) groups is 2. The number of allylic oxidation sites excluding steroid dienone is 2. The molecular weight excluding hydrogens is 599 g/mol. The summed E-state index contributed by atoms with van der Waals surface area (Å²) >= 11 is 12.6. The third-order valence-electron chi connectivity index (χ3n) is 7.39. The molecule has 2 aromatic rings. The highest BCUT2D eigenvalue weighted by atomic mass is 35.5. The van der Waals surface area contributed by atoms with Crippen molar-refractivity contribution in [2.45, 2.75) is 71.2 Å². The number of likely N-dealkylation sites (N-methyl/N-ethyl adjacent to an activating group) is 1. The van der Waals surface area contributed by atoms with Crippen LogP contribution in [-0.2, 0) is 14.3 Å². The van der Waals surface area contributed by atoms with Gasteiger partial charge in [0, 0.05) is 47.6 Å². The summed E-state index contributed by atoms with van der Waals surface area (Å²) in [5.41, 5.74) is 2.16. The molecule has 232 valence electrons. The molecule has 2 aromatic carbocycles. The van der Waals surface area contributed by atoms with Gasteiger partial charge in [0.2, 0.25) is 5.91 Å². The summed E-state index contributed by atoms with van der Waals surface area (Å²) in [6.07, 6.45) is 6.17. The molecule has 2 aliphatic heterocycles. The van der Waals surface area contributed by atoms with E-state index >= 15 is 0 Å². The molecule has 0 fully saturated rings. The molecule has 0 saturated carbocycles. The Hall–Kier alpha value is -3.75. The van der Waals surface area contributed by atoms with E-state index in [2.05, 4.69) is 0 Å². The molecule has 0 unspecified atom stereocenters. The first kappa shape index (κ1) is 31.7. The fourth-order valence-electron chi connectivity index (χ4n) is 5.45.